The normalized spacial score (nSPS) is 22.0. The summed E-state index contributed by atoms with van der Waals surface area (Å²) < 4.78 is 0. The van der Waals surface area contributed by atoms with Crippen molar-refractivity contribution in [3.63, 3.8) is 0 Å². The monoisotopic (exact) mass is 131 g/mol. The fourth-order valence-electron chi connectivity index (χ4n) is 0.805. The van der Waals surface area contributed by atoms with Crippen molar-refractivity contribution in [1.29, 1.82) is 0 Å². The van der Waals surface area contributed by atoms with Gasteiger partial charge in [0.15, 0.2) is 0 Å². The van der Waals surface area contributed by atoms with Gasteiger partial charge in [-0.3, -0.25) is 0 Å². The van der Waals surface area contributed by atoms with Crippen LogP contribution in [-0.2, 0) is 0 Å². The first-order valence-corrected chi connectivity index (χ1v) is 3.31. The summed E-state index contributed by atoms with van der Waals surface area (Å²) in [6.07, 6.45) is 5.34. The van der Waals surface area contributed by atoms with Gasteiger partial charge in [-0.25, -0.2) is 0 Å². The summed E-state index contributed by atoms with van der Waals surface area (Å²) in [5, 5.41) is 0. The minimum atomic E-state index is 0.161. The van der Waals surface area contributed by atoms with E-state index in [1.54, 1.807) is 0 Å². The second-order valence-electron chi connectivity index (χ2n) is 1.99. The lowest BCUT2D eigenvalue weighted by Crippen LogP contribution is -2.20. The minimum absolute atomic E-state index is 0.161. The Kier molecular flexibility index (Phi) is 1.79. The third-order valence-corrected chi connectivity index (χ3v) is 1.56. The number of halogens is 1. The molecule has 1 atom stereocenters. The Morgan fingerprint density at radius 1 is 1.75 bits per heavy atom. The minimum Gasteiger partial charge on any atom is -0.362 e. The standard InChI is InChI=1S/C6H10ClN/c1-6(7)8-4-2-3-5-8/h2,4,6H,3,5H2,1H3. The van der Waals surface area contributed by atoms with Gasteiger partial charge in [0.05, 0.1) is 0 Å². The van der Waals surface area contributed by atoms with Crippen LogP contribution in [-0.4, -0.2) is 16.9 Å². The predicted octanol–water partition coefficient (Wildman–Crippen LogP) is 1.79. The van der Waals surface area contributed by atoms with Crippen molar-refractivity contribution in [2.75, 3.05) is 6.54 Å². The summed E-state index contributed by atoms with van der Waals surface area (Å²) in [5.74, 6) is 0. The van der Waals surface area contributed by atoms with E-state index in [0.29, 0.717) is 0 Å². The van der Waals surface area contributed by atoms with Gasteiger partial charge in [0, 0.05) is 6.54 Å². The SMILES string of the molecule is CC(Cl)N1C=CCC1. The van der Waals surface area contributed by atoms with Crippen LogP contribution in [0.3, 0.4) is 0 Å². The van der Waals surface area contributed by atoms with E-state index in [0.717, 1.165) is 13.0 Å². The average molecular weight is 132 g/mol. The maximum atomic E-state index is 5.76. The van der Waals surface area contributed by atoms with Crippen molar-refractivity contribution in [1.82, 2.24) is 4.90 Å². The van der Waals surface area contributed by atoms with E-state index in [1.165, 1.54) is 0 Å². The van der Waals surface area contributed by atoms with Gasteiger partial charge in [0.1, 0.15) is 5.50 Å². The van der Waals surface area contributed by atoms with Gasteiger partial charge in [0.2, 0.25) is 0 Å². The lowest BCUT2D eigenvalue weighted by Gasteiger charge is -2.17. The molecular formula is C6H10ClN. The van der Waals surface area contributed by atoms with E-state index in [4.69, 9.17) is 11.6 Å². The van der Waals surface area contributed by atoms with Crippen molar-refractivity contribution in [2.45, 2.75) is 18.8 Å². The van der Waals surface area contributed by atoms with E-state index >= 15 is 0 Å². The molecule has 0 aromatic rings. The molecule has 1 aliphatic rings. The van der Waals surface area contributed by atoms with Crippen LogP contribution in [0.1, 0.15) is 13.3 Å². The summed E-state index contributed by atoms with van der Waals surface area (Å²) in [6.45, 7) is 3.07. The smallest absolute Gasteiger partial charge is 0.100 e. The molecular weight excluding hydrogens is 122 g/mol. The van der Waals surface area contributed by atoms with Crippen LogP contribution in [0.25, 0.3) is 0 Å². The molecule has 1 nitrogen and oxygen atoms in total. The zero-order valence-corrected chi connectivity index (χ0v) is 5.73. The van der Waals surface area contributed by atoms with Crippen LogP contribution in [0.5, 0.6) is 0 Å². The summed E-state index contributed by atoms with van der Waals surface area (Å²) in [5.41, 5.74) is 0.161. The summed E-state index contributed by atoms with van der Waals surface area (Å²) in [7, 11) is 0. The summed E-state index contributed by atoms with van der Waals surface area (Å²) >= 11 is 5.76. The molecule has 0 N–H and O–H groups in total. The fourth-order valence-corrected chi connectivity index (χ4v) is 0.967. The van der Waals surface area contributed by atoms with Crippen molar-refractivity contribution < 1.29 is 0 Å². The lowest BCUT2D eigenvalue weighted by molar-refractivity contribution is 0.394. The highest BCUT2D eigenvalue weighted by molar-refractivity contribution is 6.20. The molecule has 1 aliphatic heterocycles. The van der Waals surface area contributed by atoms with Crippen LogP contribution in [0.15, 0.2) is 12.3 Å². The molecule has 0 aliphatic carbocycles. The fraction of sp³-hybridized carbons (Fsp3) is 0.667. The Labute approximate surface area is 54.9 Å². The number of hydrogen-bond acceptors (Lipinski definition) is 1. The van der Waals surface area contributed by atoms with Gasteiger partial charge in [-0.1, -0.05) is 17.7 Å². The maximum absolute atomic E-state index is 5.76. The zero-order chi connectivity index (χ0) is 5.98. The number of nitrogens with zero attached hydrogens (tertiary/aromatic N) is 1. The van der Waals surface area contributed by atoms with E-state index in [-0.39, 0.29) is 5.50 Å². The molecule has 0 spiro atoms. The molecule has 0 aromatic carbocycles. The van der Waals surface area contributed by atoms with Crippen molar-refractivity contribution >= 4 is 11.6 Å². The van der Waals surface area contributed by atoms with E-state index in [9.17, 15) is 0 Å². The first kappa shape index (κ1) is 5.96. The number of hydrogen-bond donors (Lipinski definition) is 0. The van der Waals surface area contributed by atoms with Gasteiger partial charge >= 0.3 is 0 Å². The third-order valence-electron chi connectivity index (χ3n) is 1.31. The molecule has 0 bridgehead atoms. The quantitative estimate of drug-likeness (QED) is 0.388. The molecule has 0 radical (unpaired) electrons. The number of rotatable bonds is 1. The highest BCUT2D eigenvalue weighted by Gasteiger charge is 2.07. The van der Waals surface area contributed by atoms with Crippen molar-refractivity contribution in [2.24, 2.45) is 0 Å². The molecule has 0 fully saturated rings. The van der Waals surface area contributed by atoms with Crippen LogP contribution >= 0.6 is 11.6 Å². The summed E-state index contributed by atoms with van der Waals surface area (Å²) in [4.78, 5) is 2.11. The van der Waals surface area contributed by atoms with Crippen LogP contribution in [0.2, 0.25) is 0 Å². The molecule has 1 rings (SSSR count). The second-order valence-corrected chi connectivity index (χ2v) is 2.62. The largest absolute Gasteiger partial charge is 0.362 e. The van der Waals surface area contributed by atoms with Crippen LogP contribution < -0.4 is 0 Å². The average Bonchev–Trinajstić information content (AvgIpc) is 2.12. The van der Waals surface area contributed by atoms with Crippen molar-refractivity contribution in [3.05, 3.63) is 12.3 Å². The van der Waals surface area contributed by atoms with Crippen LogP contribution in [0, 0.1) is 0 Å². The van der Waals surface area contributed by atoms with Gasteiger partial charge in [-0.15, -0.1) is 0 Å². The highest BCUT2D eigenvalue weighted by atomic mass is 35.5. The molecule has 0 aromatic heterocycles. The first-order valence-electron chi connectivity index (χ1n) is 2.87. The van der Waals surface area contributed by atoms with Gasteiger partial charge < -0.3 is 4.90 Å². The third kappa shape index (κ3) is 1.16. The maximum Gasteiger partial charge on any atom is 0.100 e. The number of alkyl halides is 1. The summed E-state index contributed by atoms with van der Waals surface area (Å²) in [6, 6.07) is 0. The van der Waals surface area contributed by atoms with Crippen molar-refractivity contribution in [3.8, 4) is 0 Å². The highest BCUT2D eigenvalue weighted by Crippen LogP contribution is 2.10. The molecule has 0 amide bonds. The lowest BCUT2D eigenvalue weighted by atomic mass is 10.5. The van der Waals surface area contributed by atoms with E-state index in [1.807, 2.05) is 6.92 Å². The van der Waals surface area contributed by atoms with Crippen LogP contribution in [0.4, 0.5) is 0 Å². The molecule has 0 saturated heterocycles. The molecule has 2 heteroatoms. The van der Waals surface area contributed by atoms with E-state index in [2.05, 4.69) is 17.2 Å². The van der Waals surface area contributed by atoms with E-state index < -0.39 is 0 Å². The zero-order valence-electron chi connectivity index (χ0n) is 4.97. The first-order chi connectivity index (χ1) is 3.80. The Bertz CT molecular complexity index is 98.7. The Hall–Kier alpha value is -0.170. The molecule has 1 heterocycles. The Morgan fingerprint density at radius 2 is 2.50 bits per heavy atom. The van der Waals surface area contributed by atoms with Gasteiger partial charge in [-0.2, -0.15) is 0 Å². The Morgan fingerprint density at radius 3 is 2.75 bits per heavy atom. The van der Waals surface area contributed by atoms with Gasteiger partial charge in [0.25, 0.3) is 0 Å². The molecule has 8 heavy (non-hydrogen) atoms. The molecule has 46 valence electrons. The Balaban J connectivity index is 2.36. The topological polar surface area (TPSA) is 3.24 Å². The molecule has 1 unspecified atom stereocenters. The predicted molar refractivity (Wildman–Crippen MR) is 35.8 cm³/mol. The van der Waals surface area contributed by atoms with Gasteiger partial charge in [-0.05, 0) is 19.5 Å². The molecule has 0 saturated carbocycles. The second kappa shape index (κ2) is 2.40.